The number of benzene rings is 3. The fourth-order valence-electron chi connectivity index (χ4n) is 4.31. The summed E-state index contributed by atoms with van der Waals surface area (Å²) in [6.07, 6.45) is 0.581. The van der Waals surface area contributed by atoms with Gasteiger partial charge in [0.15, 0.2) is 23.0 Å². The number of hydrogen-bond acceptors (Lipinski definition) is 6. The van der Waals surface area contributed by atoms with Crippen molar-refractivity contribution in [3.8, 4) is 23.0 Å². The van der Waals surface area contributed by atoms with Gasteiger partial charge in [0.1, 0.15) is 6.04 Å². The van der Waals surface area contributed by atoms with Crippen LogP contribution in [0, 0.1) is 0 Å². The van der Waals surface area contributed by atoms with E-state index in [1.165, 1.54) is 0 Å². The second-order valence-corrected chi connectivity index (χ2v) is 8.84. The molecule has 0 spiro atoms. The molecule has 9 heteroatoms. The van der Waals surface area contributed by atoms with Gasteiger partial charge in [-0.1, -0.05) is 35.9 Å². The molecule has 1 N–H and O–H groups in total. The third-order valence-electron chi connectivity index (χ3n) is 6.09. The molecule has 2 atom stereocenters. The molecule has 3 aromatic rings. The number of methoxy groups -OCH3 is 4. The molecule has 0 heterocycles. The van der Waals surface area contributed by atoms with E-state index in [9.17, 15) is 9.90 Å². The lowest BCUT2D eigenvalue weighted by Gasteiger charge is -2.35. The summed E-state index contributed by atoms with van der Waals surface area (Å²) in [5.74, 6) is 1.49. The highest BCUT2D eigenvalue weighted by Crippen LogP contribution is 2.33. The number of ether oxygens (including phenoxy) is 4. The third-order valence-corrected chi connectivity index (χ3v) is 6.32. The maximum atomic E-state index is 12.6. The zero-order chi connectivity index (χ0) is 26.2. The van der Waals surface area contributed by atoms with Crippen molar-refractivity contribution in [1.82, 2.24) is 4.90 Å². The lowest BCUT2D eigenvalue weighted by molar-refractivity contribution is -0.145. The summed E-state index contributed by atoms with van der Waals surface area (Å²) in [4.78, 5) is 14.6. The Morgan fingerprint density at radius 3 is 1.89 bits per heavy atom. The molecule has 0 bridgehead atoms. The summed E-state index contributed by atoms with van der Waals surface area (Å²) in [7, 11) is 6.33. The molecule has 1 unspecified atom stereocenters. The van der Waals surface area contributed by atoms with Crippen molar-refractivity contribution < 1.29 is 28.8 Å². The fourth-order valence-corrected chi connectivity index (χ4v) is 4.51. The average Bonchev–Trinajstić information content (AvgIpc) is 2.87. The van der Waals surface area contributed by atoms with Crippen LogP contribution in [0.1, 0.15) is 29.7 Å². The van der Waals surface area contributed by atoms with Crippen LogP contribution in [0.5, 0.6) is 23.0 Å². The molecule has 0 radical (unpaired) electrons. The van der Waals surface area contributed by atoms with E-state index in [0.29, 0.717) is 46.5 Å². The van der Waals surface area contributed by atoms with Crippen molar-refractivity contribution in [2.75, 3.05) is 28.4 Å². The molecule has 3 aromatic carbocycles. The molecule has 3 rings (SSSR count). The van der Waals surface area contributed by atoms with Crippen molar-refractivity contribution in [3.63, 3.8) is 0 Å². The summed E-state index contributed by atoms with van der Waals surface area (Å²) >= 11 is 6.24. The number of rotatable bonds is 12. The van der Waals surface area contributed by atoms with Gasteiger partial charge in [-0.25, -0.2) is 0 Å². The lowest BCUT2D eigenvalue weighted by Crippen LogP contribution is -2.41. The molecular formula is C28H33Cl2NO6. The summed E-state index contributed by atoms with van der Waals surface area (Å²) in [5.41, 5.74) is 2.49. The molecule has 0 aliphatic rings. The van der Waals surface area contributed by atoms with Gasteiger partial charge in [-0.15, -0.1) is 12.4 Å². The van der Waals surface area contributed by atoms with Crippen molar-refractivity contribution in [3.05, 3.63) is 82.4 Å². The van der Waals surface area contributed by atoms with Gasteiger partial charge in [-0.05, 0) is 66.4 Å². The standard InChI is InChI=1S/C28H32ClNO6.ClH/c1-18(13-19-9-11-23(33-2)25(14-19)35-4)30(17-20-10-12-24(34-3)26(15-20)36-5)27(28(31)32)21-7-6-8-22(29)16-21;/h6-12,14-16,18,27H,13,17H2,1-5H3,(H,31,32);1H/t18-,27?;/m1./s1. The number of carbonyl (C=O) groups is 1. The molecule has 37 heavy (non-hydrogen) atoms. The van der Waals surface area contributed by atoms with Crippen LogP contribution in [0.2, 0.25) is 5.02 Å². The van der Waals surface area contributed by atoms with Gasteiger partial charge in [0.2, 0.25) is 0 Å². The Morgan fingerprint density at radius 1 is 0.838 bits per heavy atom. The second-order valence-electron chi connectivity index (χ2n) is 8.40. The van der Waals surface area contributed by atoms with Crippen molar-refractivity contribution >= 4 is 30.0 Å². The monoisotopic (exact) mass is 549 g/mol. The predicted molar refractivity (Wildman–Crippen MR) is 147 cm³/mol. The maximum absolute atomic E-state index is 12.6. The highest BCUT2D eigenvalue weighted by molar-refractivity contribution is 6.30. The van der Waals surface area contributed by atoms with E-state index < -0.39 is 12.0 Å². The smallest absolute Gasteiger partial charge is 0.325 e. The van der Waals surface area contributed by atoms with Crippen LogP contribution in [0.3, 0.4) is 0 Å². The number of hydrogen-bond donors (Lipinski definition) is 1. The molecule has 0 aliphatic carbocycles. The Kier molecular flexibility index (Phi) is 11.4. The van der Waals surface area contributed by atoms with Crippen LogP contribution in [0.4, 0.5) is 0 Å². The van der Waals surface area contributed by atoms with Crippen molar-refractivity contribution in [2.45, 2.75) is 32.0 Å². The van der Waals surface area contributed by atoms with Crippen molar-refractivity contribution in [1.29, 1.82) is 0 Å². The predicted octanol–water partition coefficient (Wildman–Crippen LogP) is 6.06. The van der Waals surface area contributed by atoms with Crippen LogP contribution in [0.15, 0.2) is 60.7 Å². The van der Waals surface area contributed by atoms with Crippen LogP contribution < -0.4 is 18.9 Å². The van der Waals surface area contributed by atoms with Crippen LogP contribution in [-0.4, -0.2) is 50.5 Å². The minimum atomic E-state index is -0.961. The maximum Gasteiger partial charge on any atom is 0.325 e. The molecule has 0 saturated carbocycles. The van der Waals surface area contributed by atoms with E-state index in [1.807, 2.05) is 48.2 Å². The fraction of sp³-hybridized carbons (Fsp3) is 0.321. The highest BCUT2D eigenvalue weighted by atomic mass is 35.5. The van der Waals surface area contributed by atoms with E-state index in [1.54, 1.807) is 52.7 Å². The zero-order valence-corrected chi connectivity index (χ0v) is 23.1. The van der Waals surface area contributed by atoms with Crippen LogP contribution >= 0.6 is 24.0 Å². The van der Waals surface area contributed by atoms with E-state index in [0.717, 1.165) is 11.1 Å². The SMILES string of the molecule is COc1ccc(C[C@@H](C)N(Cc2ccc(OC)c(OC)c2)C(C(=O)O)c2cccc(Cl)c2)cc1OC.Cl. The number of nitrogens with zero attached hydrogens (tertiary/aromatic N) is 1. The topological polar surface area (TPSA) is 77.5 Å². The summed E-state index contributed by atoms with van der Waals surface area (Å²) in [5, 5.41) is 10.8. The van der Waals surface area contributed by atoms with E-state index in [4.69, 9.17) is 30.5 Å². The Labute approximate surface area is 229 Å². The summed E-state index contributed by atoms with van der Waals surface area (Å²) in [6.45, 7) is 2.37. The van der Waals surface area contributed by atoms with Gasteiger partial charge in [0.25, 0.3) is 0 Å². The van der Waals surface area contributed by atoms with E-state index in [-0.39, 0.29) is 18.4 Å². The summed E-state index contributed by atoms with van der Waals surface area (Å²) < 4.78 is 21.6. The Morgan fingerprint density at radius 2 is 1.38 bits per heavy atom. The first-order chi connectivity index (χ1) is 17.3. The van der Waals surface area contributed by atoms with Gasteiger partial charge in [-0.2, -0.15) is 0 Å². The van der Waals surface area contributed by atoms with Gasteiger partial charge < -0.3 is 24.1 Å². The normalized spacial score (nSPS) is 12.3. The van der Waals surface area contributed by atoms with Crippen LogP contribution in [0.25, 0.3) is 0 Å². The number of carboxylic acids is 1. The average molecular weight is 550 g/mol. The Bertz CT molecular complexity index is 1190. The second kappa shape index (κ2) is 14.0. The molecule has 7 nitrogen and oxygen atoms in total. The number of aliphatic carboxylic acids is 1. The molecular weight excluding hydrogens is 517 g/mol. The zero-order valence-electron chi connectivity index (χ0n) is 21.6. The van der Waals surface area contributed by atoms with E-state index in [2.05, 4.69) is 0 Å². The molecule has 200 valence electrons. The minimum Gasteiger partial charge on any atom is -0.493 e. The summed E-state index contributed by atoms with van der Waals surface area (Å²) in [6, 6.07) is 17.2. The minimum absolute atomic E-state index is 0. The van der Waals surface area contributed by atoms with Crippen molar-refractivity contribution in [2.24, 2.45) is 0 Å². The molecule has 0 saturated heterocycles. The molecule has 0 aromatic heterocycles. The Balaban J connectivity index is 0.00000481. The lowest BCUT2D eigenvalue weighted by atomic mass is 9.98. The first-order valence-corrected chi connectivity index (χ1v) is 11.8. The van der Waals surface area contributed by atoms with Gasteiger partial charge in [0, 0.05) is 17.6 Å². The largest absolute Gasteiger partial charge is 0.493 e. The first kappa shape index (κ1) is 30.1. The van der Waals surface area contributed by atoms with Crippen LogP contribution in [-0.2, 0) is 17.8 Å². The molecule has 0 amide bonds. The Hall–Kier alpha value is -3.13. The highest BCUT2D eigenvalue weighted by Gasteiger charge is 2.32. The van der Waals surface area contributed by atoms with Gasteiger partial charge >= 0.3 is 5.97 Å². The molecule has 0 aliphatic heterocycles. The number of halogens is 2. The third kappa shape index (κ3) is 7.44. The van der Waals surface area contributed by atoms with Gasteiger partial charge in [-0.3, -0.25) is 9.69 Å². The van der Waals surface area contributed by atoms with Gasteiger partial charge in [0.05, 0.1) is 28.4 Å². The molecule has 0 fully saturated rings. The quantitative estimate of drug-likeness (QED) is 0.294. The number of carboxylic acid groups (broad SMARTS) is 1. The first-order valence-electron chi connectivity index (χ1n) is 11.5. The van der Waals surface area contributed by atoms with E-state index >= 15 is 0 Å².